The number of carbonyl (C=O) groups is 2. The molecule has 8 heteroatoms. The minimum absolute atomic E-state index is 0.118. The molecule has 0 saturated heterocycles. The van der Waals surface area contributed by atoms with Gasteiger partial charge in [-0.15, -0.1) is 0 Å². The van der Waals surface area contributed by atoms with Gasteiger partial charge < -0.3 is 25.0 Å². The number of anilines is 1. The average Bonchev–Trinajstić information content (AvgIpc) is 2.79. The maximum atomic E-state index is 12.8. The summed E-state index contributed by atoms with van der Waals surface area (Å²) in [5, 5.41) is 15.5. The van der Waals surface area contributed by atoms with E-state index >= 15 is 0 Å². The van der Waals surface area contributed by atoms with E-state index in [1.54, 1.807) is 27.7 Å². The molecule has 3 rings (SSSR count). The Bertz CT molecular complexity index is 1260. The number of pyridine rings is 1. The van der Waals surface area contributed by atoms with Gasteiger partial charge in [0.2, 0.25) is 0 Å². The third kappa shape index (κ3) is 6.72. The van der Waals surface area contributed by atoms with E-state index in [0.29, 0.717) is 11.1 Å². The second kappa shape index (κ2) is 10.5. The number of ether oxygens (including phenoxy) is 1. The fraction of sp³-hybridized carbons (Fsp3) is 0.296. The van der Waals surface area contributed by atoms with Crippen LogP contribution in [-0.4, -0.2) is 27.3 Å². The summed E-state index contributed by atoms with van der Waals surface area (Å²) in [5.41, 5.74) is 1.68. The first-order chi connectivity index (χ1) is 16.4. The van der Waals surface area contributed by atoms with Gasteiger partial charge in [-0.25, -0.2) is 4.79 Å². The Balaban J connectivity index is 1.86. The number of esters is 1. The molecule has 0 saturated carbocycles. The van der Waals surface area contributed by atoms with Crippen molar-refractivity contribution in [2.24, 2.45) is 7.05 Å². The van der Waals surface area contributed by atoms with Gasteiger partial charge in [-0.2, -0.15) is 0 Å². The summed E-state index contributed by atoms with van der Waals surface area (Å²) in [7, 11) is 1.53. The number of hydrogen-bond acceptors (Lipinski definition) is 5. The Morgan fingerprint density at radius 2 is 1.63 bits per heavy atom. The molecule has 2 amide bonds. The SMILES string of the molecule is Cc1cn(C)c(=O)c(NC(=O)N[C@@H](CC(=O)OC(C)(C)C)c2ccc(-c3ccccc3)cc2)c1O. The Kier molecular flexibility index (Phi) is 7.64. The predicted molar refractivity (Wildman–Crippen MR) is 135 cm³/mol. The lowest BCUT2D eigenvalue weighted by molar-refractivity contribution is -0.155. The molecule has 0 unspecified atom stereocenters. The van der Waals surface area contributed by atoms with Crippen LogP contribution in [0.15, 0.2) is 65.6 Å². The quantitative estimate of drug-likeness (QED) is 0.447. The minimum Gasteiger partial charge on any atom is -0.505 e. The average molecular weight is 478 g/mol. The number of nitrogens with zero attached hydrogens (tertiary/aromatic N) is 1. The number of urea groups is 1. The second-order valence-corrected chi connectivity index (χ2v) is 9.38. The molecule has 0 aliphatic rings. The lowest BCUT2D eigenvalue weighted by atomic mass is 9.99. The number of rotatable bonds is 6. The highest BCUT2D eigenvalue weighted by atomic mass is 16.6. The van der Waals surface area contributed by atoms with E-state index in [4.69, 9.17) is 4.74 Å². The van der Waals surface area contributed by atoms with Gasteiger partial charge >= 0.3 is 12.0 Å². The molecule has 2 aromatic carbocycles. The van der Waals surface area contributed by atoms with Gasteiger partial charge in [0.05, 0.1) is 12.5 Å². The van der Waals surface area contributed by atoms with Crippen LogP contribution in [-0.2, 0) is 16.6 Å². The third-order valence-electron chi connectivity index (χ3n) is 5.29. The number of nitrogens with one attached hydrogen (secondary N) is 2. The molecule has 0 aliphatic heterocycles. The maximum Gasteiger partial charge on any atom is 0.319 e. The van der Waals surface area contributed by atoms with Gasteiger partial charge in [-0.3, -0.25) is 9.59 Å². The monoisotopic (exact) mass is 477 g/mol. The van der Waals surface area contributed by atoms with E-state index in [2.05, 4.69) is 10.6 Å². The van der Waals surface area contributed by atoms with Crippen LogP contribution in [0.5, 0.6) is 5.75 Å². The summed E-state index contributed by atoms with van der Waals surface area (Å²) in [4.78, 5) is 37.9. The Hall–Kier alpha value is -4.07. The summed E-state index contributed by atoms with van der Waals surface area (Å²) in [5.74, 6) is -0.789. The Labute approximate surface area is 204 Å². The van der Waals surface area contributed by atoms with Crippen LogP contribution in [0.25, 0.3) is 11.1 Å². The highest BCUT2D eigenvalue weighted by molar-refractivity contribution is 5.91. The predicted octanol–water partition coefficient (Wildman–Crippen LogP) is 4.66. The number of benzene rings is 2. The molecule has 3 aromatic rings. The van der Waals surface area contributed by atoms with Crippen molar-refractivity contribution >= 4 is 17.7 Å². The molecule has 8 nitrogen and oxygen atoms in total. The van der Waals surface area contributed by atoms with Crippen molar-refractivity contribution in [1.82, 2.24) is 9.88 Å². The highest BCUT2D eigenvalue weighted by Crippen LogP contribution is 2.26. The number of amides is 2. The molecule has 0 fully saturated rings. The van der Waals surface area contributed by atoms with Crippen LogP contribution in [0.4, 0.5) is 10.5 Å². The van der Waals surface area contributed by atoms with E-state index in [0.717, 1.165) is 11.1 Å². The summed E-state index contributed by atoms with van der Waals surface area (Å²) in [6.45, 7) is 6.93. The molecule has 0 aliphatic carbocycles. The van der Waals surface area contributed by atoms with Crippen molar-refractivity contribution in [3.8, 4) is 16.9 Å². The molecule has 1 aromatic heterocycles. The van der Waals surface area contributed by atoms with Crippen LogP contribution in [0.3, 0.4) is 0 Å². The van der Waals surface area contributed by atoms with Crippen molar-refractivity contribution < 1.29 is 19.4 Å². The Morgan fingerprint density at radius 3 is 2.23 bits per heavy atom. The fourth-order valence-electron chi connectivity index (χ4n) is 3.65. The van der Waals surface area contributed by atoms with Gasteiger partial charge in [-0.05, 0) is 44.4 Å². The maximum absolute atomic E-state index is 12.8. The van der Waals surface area contributed by atoms with Gasteiger partial charge in [0, 0.05) is 18.8 Å². The molecule has 1 heterocycles. The molecular weight excluding hydrogens is 446 g/mol. The summed E-state index contributed by atoms with van der Waals surface area (Å²) in [6.07, 6.45) is 1.35. The van der Waals surface area contributed by atoms with E-state index in [9.17, 15) is 19.5 Å². The molecule has 35 heavy (non-hydrogen) atoms. The standard InChI is InChI=1S/C27H31N3O5/c1-17-16-30(5)25(33)23(24(17)32)29-26(34)28-21(15-22(31)35-27(2,3)4)20-13-11-19(12-14-20)18-9-7-6-8-10-18/h6-14,16,21,32H,15H2,1-5H3,(H2,28,29,34)/t21-/m0/s1. The largest absolute Gasteiger partial charge is 0.505 e. The zero-order valence-corrected chi connectivity index (χ0v) is 20.6. The number of aromatic nitrogens is 1. The van der Waals surface area contributed by atoms with Crippen LogP contribution < -0.4 is 16.2 Å². The van der Waals surface area contributed by atoms with Gasteiger partial charge in [-0.1, -0.05) is 54.6 Å². The normalized spacial score (nSPS) is 12.0. The van der Waals surface area contributed by atoms with Gasteiger partial charge in [0.15, 0.2) is 5.69 Å². The molecule has 3 N–H and O–H groups in total. The number of hydrogen-bond donors (Lipinski definition) is 3. The van der Waals surface area contributed by atoms with Crippen LogP contribution >= 0.6 is 0 Å². The van der Waals surface area contributed by atoms with Crippen molar-refractivity contribution in [3.63, 3.8) is 0 Å². The molecule has 0 bridgehead atoms. The van der Waals surface area contributed by atoms with Crippen molar-refractivity contribution in [1.29, 1.82) is 0 Å². The van der Waals surface area contributed by atoms with Gasteiger partial charge in [0.25, 0.3) is 5.56 Å². The second-order valence-electron chi connectivity index (χ2n) is 9.38. The van der Waals surface area contributed by atoms with Crippen LogP contribution in [0.1, 0.15) is 44.4 Å². The Morgan fingerprint density at radius 1 is 1.03 bits per heavy atom. The first-order valence-electron chi connectivity index (χ1n) is 11.3. The lowest BCUT2D eigenvalue weighted by Gasteiger charge is -2.23. The molecule has 1 atom stereocenters. The fourth-order valence-corrected chi connectivity index (χ4v) is 3.65. The number of aryl methyl sites for hydroxylation is 2. The van der Waals surface area contributed by atoms with Crippen molar-refractivity contribution in [3.05, 3.63) is 82.3 Å². The van der Waals surface area contributed by atoms with Crippen LogP contribution in [0, 0.1) is 6.92 Å². The molecule has 184 valence electrons. The smallest absolute Gasteiger partial charge is 0.319 e. The number of aromatic hydroxyl groups is 1. The summed E-state index contributed by atoms with van der Waals surface area (Å²) >= 11 is 0. The highest BCUT2D eigenvalue weighted by Gasteiger charge is 2.24. The zero-order chi connectivity index (χ0) is 25.8. The number of carbonyl (C=O) groups excluding carboxylic acids is 2. The first-order valence-corrected chi connectivity index (χ1v) is 11.3. The van der Waals surface area contributed by atoms with E-state index in [1.165, 1.54) is 17.8 Å². The van der Waals surface area contributed by atoms with E-state index < -0.39 is 29.2 Å². The van der Waals surface area contributed by atoms with Crippen molar-refractivity contribution in [2.75, 3.05) is 5.32 Å². The van der Waals surface area contributed by atoms with E-state index in [-0.39, 0.29) is 17.9 Å². The first kappa shape index (κ1) is 25.6. The molecule has 0 spiro atoms. The minimum atomic E-state index is -0.733. The van der Waals surface area contributed by atoms with Crippen LogP contribution in [0.2, 0.25) is 0 Å². The van der Waals surface area contributed by atoms with E-state index in [1.807, 2.05) is 54.6 Å². The third-order valence-corrected chi connectivity index (χ3v) is 5.29. The topological polar surface area (TPSA) is 110 Å². The molecule has 0 radical (unpaired) electrons. The summed E-state index contributed by atoms with van der Waals surface area (Å²) in [6, 6.07) is 15.9. The van der Waals surface area contributed by atoms with Crippen molar-refractivity contribution in [2.45, 2.75) is 45.8 Å². The van der Waals surface area contributed by atoms with Gasteiger partial charge in [0.1, 0.15) is 11.4 Å². The lowest BCUT2D eigenvalue weighted by Crippen LogP contribution is -2.37. The summed E-state index contributed by atoms with van der Waals surface area (Å²) < 4.78 is 6.72. The molecular formula is C27H31N3O5. The zero-order valence-electron chi connectivity index (χ0n) is 20.6.